The van der Waals surface area contributed by atoms with Crippen LogP contribution < -0.4 is 4.74 Å². The average molecular weight is 432 g/mol. The number of hydrogen-bond donors (Lipinski definition) is 1. The van der Waals surface area contributed by atoms with E-state index >= 15 is 0 Å². The normalized spacial score (nSPS) is 21.4. The Balaban J connectivity index is 1.40. The Bertz CT molecular complexity index is 1220. The molecule has 2 aromatic carbocycles. The van der Waals surface area contributed by atoms with Crippen LogP contribution in [-0.2, 0) is 22.7 Å². The Kier molecular flexibility index (Phi) is 4.96. The van der Waals surface area contributed by atoms with Crippen molar-refractivity contribution < 1.29 is 24.2 Å². The van der Waals surface area contributed by atoms with Crippen LogP contribution in [-0.4, -0.2) is 44.3 Å². The summed E-state index contributed by atoms with van der Waals surface area (Å²) in [6.07, 6.45) is 3.09. The number of likely N-dealkylation sites (tertiary alicyclic amines) is 1. The number of carbonyl (C=O) groups excluding carboxylic acids is 2. The van der Waals surface area contributed by atoms with Crippen LogP contribution in [0.15, 0.2) is 54.7 Å². The first-order valence-corrected chi connectivity index (χ1v) is 10.8. The van der Waals surface area contributed by atoms with Crippen LogP contribution >= 0.6 is 0 Å². The maximum absolute atomic E-state index is 13.0. The van der Waals surface area contributed by atoms with Gasteiger partial charge in [-0.15, -0.1) is 0 Å². The summed E-state index contributed by atoms with van der Waals surface area (Å²) in [4.78, 5) is 38.4. The number of benzene rings is 2. The van der Waals surface area contributed by atoms with Gasteiger partial charge in [-0.25, -0.2) is 4.79 Å². The largest absolute Gasteiger partial charge is 0.489 e. The molecule has 0 bridgehead atoms. The summed E-state index contributed by atoms with van der Waals surface area (Å²) in [5, 5.41) is 10.2. The van der Waals surface area contributed by atoms with Crippen molar-refractivity contribution in [3.05, 3.63) is 65.9 Å². The van der Waals surface area contributed by atoms with E-state index in [4.69, 9.17) is 4.74 Å². The summed E-state index contributed by atoms with van der Waals surface area (Å²) < 4.78 is 7.65. The molecule has 7 nitrogen and oxygen atoms in total. The maximum Gasteiger partial charge on any atom is 0.326 e. The van der Waals surface area contributed by atoms with E-state index in [-0.39, 0.29) is 24.3 Å². The Labute approximate surface area is 185 Å². The number of ether oxygens (including phenoxy) is 1. The molecule has 1 saturated heterocycles. The van der Waals surface area contributed by atoms with Crippen LogP contribution in [0.4, 0.5) is 0 Å². The van der Waals surface area contributed by atoms with E-state index < -0.39 is 12.0 Å². The van der Waals surface area contributed by atoms with Gasteiger partial charge < -0.3 is 19.3 Å². The minimum absolute atomic E-state index is 0.000991. The molecule has 3 aromatic rings. The van der Waals surface area contributed by atoms with Gasteiger partial charge in [0.1, 0.15) is 24.9 Å². The third-order valence-electron chi connectivity index (χ3n) is 6.46. The fourth-order valence-electron chi connectivity index (χ4n) is 4.78. The number of amides is 1. The van der Waals surface area contributed by atoms with Gasteiger partial charge in [0, 0.05) is 28.7 Å². The van der Waals surface area contributed by atoms with E-state index in [2.05, 4.69) is 0 Å². The van der Waals surface area contributed by atoms with Crippen molar-refractivity contribution >= 4 is 28.6 Å². The van der Waals surface area contributed by atoms with Gasteiger partial charge in [0.05, 0.1) is 0 Å². The number of fused-ring (bicyclic) bond motifs is 2. The van der Waals surface area contributed by atoms with Crippen LogP contribution in [0.3, 0.4) is 0 Å². The number of ketones is 1. The molecule has 5 rings (SSSR count). The molecule has 164 valence electrons. The number of carboxylic acids is 1. The zero-order chi connectivity index (χ0) is 22.4. The maximum atomic E-state index is 13.0. The molecular formula is C25H24N2O5. The van der Waals surface area contributed by atoms with Gasteiger partial charge in [-0.1, -0.05) is 30.3 Å². The number of aromatic nitrogens is 1. The highest BCUT2D eigenvalue weighted by molar-refractivity contribution is 6.07. The first-order valence-electron chi connectivity index (χ1n) is 10.8. The van der Waals surface area contributed by atoms with Crippen LogP contribution in [0.25, 0.3) is 10.9 Å². The Morgan fingerprint density at radius 3 is 2.59 bits per heavy atom. The molecule has 1 N–H and O–H groups in total. The number of hydrogen-bond acceptors (Lipinski definition) is 4. The second kappa shape index (κ2) is 7.82. The van der Waals surface area contributed by atoms with Crippen LogP contribution in [0, 0.1) is 5.92 Å². The summed E-state index contributed by atoms with van der Waals surface area (Å²) in [6, 6.07) is 14.6. The Morgan fingerprint density at radius 2 is 1.88 bits per heavy atom. The van der Waals surface area contributed by atoms with Gasteiger partial charge in [0.25, 0.3) is 0 Å². The third kappa shape index (κ3) is 3.64. The SMILES string of the molecule is CC(=O)c1cn(CC(=O)N2[C@@H]3C[C@@H]3C[C@H]2C(=O)O)c2ccc(OCc3ccccc3)cc12. The number of Topliss-reactive ketones (excluding diaryl/α,β-unsaturated/α-hetero) is 1. The topological polar surface area (TPSA) is 88.8 Å². The molecule has 7 heteroatoms. The average Bonchev–Trinajstić information content (AvgIpc) is 3.29. The van der Waals surface area contributed by atoms with E-state index in [1.54, 1.807) is 10.8 Å². The van der Waals surface area contributed by atoms with Gasteiger partial charge in [-0.05, 0) is 49.4 Å². The fourth-order valence-corrected chi connectivity index (χ4v) is 4.78. The van der Waals surface area contributed by atoms with Crippen molar-refractivity contribution in [1.29, 1.82) is 0 Å². The molecule has 2 aliphatic rings. The monoisotopic (exact) mass is 432 g/mol. The molecule has 1 aromatic heterocycles. The highest BCUT2D eigenvalue weighted by atomic mass is 16.5. The van der Waals surface area contributed by atoms with Gasteiger partial charge in [0.15, 0.2) is 5.78 Å². The number of carbonyl (C=O) groups is 3. The summed E-state index contributed by atoms with van der Waals surface area (Å²) in [7, 11) is 0. The quantitative estimate of drug-likeness (QED) is 0.578. The lowest BCUT2D eigenvalue weighted by atomic mass is 10.1. The fraction of sp³-hybridized carbons (Fsp3) is 0.320. The molecule has 32 heavy (non-hydrogen) atoms. The Morgan fingerprint density at radius 1 is 1.09 bits per heavy atom. The number of piperidine rings is 1. The minimum atomic E-state index is -0.951. The number of rotatable bonds is 7. The van der Waals surface area contributed by atoms with E-state index in [0.717, 1.165) is 22.9 Å². The first kappa shape index (κ1) is 20.3. The molecule has 1 aliphatic carbocycles. The molecule has 0 spiro atoms. The van der Waals surface area contributed by atoms with Crippen molar-refractivity contribution in [2.24, 2.45) is 5.92 Å². The van der Waals surface area contributed by atoms with E-state index in [1.807, 2.05) is 48.5 Å². The molecule has 1 aliphatic heterocycles. The predicted octanol–water partition coefficient (Wildman–Crippen LogP) is 3.50. The second-order valence-electron chi connectivity index (χ2n) is 8.63. The van der Waals surface area contributed by atoms with Crippen molar-refractivity contribution in [3.8, 4) is 5.75 Å². The Hall–Kier alpha value is -3.61. The molecule has 0 radical (unpaired) electrons. The molecule has 2 heterocycles. The summed E-state index contributed by atoms with van der Waals surface area (Å²) in [5.74, 6) is -0.336. The number of carboxylic acid groups (broad SMARTS) is 1. The summed E-state index contributed by atoms with van der Waals surface area (Å²) >= 11 is 0. The van der Waals surface area contributed by atoms with Crippen molar-refractivity contribution in [1.82, 2.24) is 9.47 Å². The summed E-state index contributed by atoms with van der Waals surface area (Å²) in [5.41, 5.74) is 2.30. The molecular weight excluding hydrogens is 408 g/mol. The molecule has 1 amide bonds. The first-order chi connectivity index (χ1) is 15.4. The summed E-state index contributed by atoms with van der Waals surface area (Å²) in [6.45, 7) is 1.91. The molecule has 2 fully saturated rings. The van der Waals surface area contributed by atoms with Crippen LogP contribution in [0.1, 0.15) is 35.7 Å². The lowest BCUT2D eigenvalue weighted by Gasteiger charge is -2.24. The van der Waals surface area contributed by atoms with Gasteiger partial charge in [-0.2, -0.15) is 0 Å². The predicted molar refractivity (Wildman–Crippen MR) is 117 cm³/mol. The van der Waals surface area contributed by atoms with Crippen molar-refractivity contribution in [2.45, 2.75) is 45.0 Å². The van der Waals surface area contributed by atoms with Gasteiger partial charge >= 0.3 is 5.97 Å². The smallest absolute Gasteiger partial charge is 0.326 e. The molecule has 3 atom stereocenters. The van der Waals surface area contributed by atoms with Gasteiger partial charge in [-0.3, -0.25) is 9.59 Å². The van der Waals surface area contributed by atoms with Crippen molar-refractivity contribution in [2.75, 3.05) is 0 Å². The molecule has 1 saturated carbocycles. The second-order valence-corrected chi connectivity index (χ2v) is 8.63. The van der Waals surface area contributed by atoms with Crippen LogP contribution in [0.5, 0.6) is 5.75 Å². The van der Waals surface area contributed by atoms with E-state index in [9.17, 15) is 19.5 Å². The van der Waals surface area contributed by atoms with E-state index in [1.165, 1.54) is 11.8 Å². The zero-order valence-corrected chi connectivity index (χ0v) is 17.7. The van der Waals surface area contributed by atoms with Crippen LogP contribution in [0.2, 0.25) is 0 Å². The lowest BCUT2D eigenvalue weighted by Crippen LogP contribution is -2.44. The standard InChI is InChI=1S/C25H24N2O5/c1-15(28)20-12-26(13-24(29)27-22-9-17(22)10-23(27)25(30)31)21-8-7-18(11-19(20)21)32-14-16-5-3-2-4-6-16/h2-8,11-12,17,22-23H,9-10,13-14H2,1H3,(H,30,31)/t17-,22-,23+/m1/s1. The zero-order valence-electron chi connectivity index (χ0n) is 17.7. The lowest BCUT2D eigenvalue weighted by molar-refractivity contribution is -0.149. The minimum Gasteiger partial charge on any atom is -0.489 e. The van der Waals surface area contributed by atoms with E-state index in [0.29, 0.717) is 30.3 Å². The number of aliphatic carboxylic acids is 1. The third-order valence-corrected chi connectivity index (χ3v) is 6.46. The molecule has 0 unspecified atom stereocenters. The van der Waals surface area contributed by atoms with Crippen molar-refractivity contribution in [3.63, 3.8) is 0 Å². The van der Waals surface area contributed by atoms with Gasteiger partial charge in [0.2, 0.25) is 5.91 Å². The number of nitrogens with zero attached hydrogens (tertiary/aromatic N) is 2. The highest BCUT2D eigenvalue weighted by Gasteiger charge is 2.56. The highest BCUT2D eigenvalue weighted by Crippen LogP contribution is 2.48.